The average Bonchev–Trinajstić information content (AvgIpc) is 2.43. The number of halogens is 2. The van der Waals surface area contributed by atoms with Crippen LogP contribution in [0.4, 0.5) is 0 Å². The summed E-state index contributed by atoms with van der Waals surface area (Å²) < 4.78 is 2.89. The highest BCUT2D eigenvalue weighted by atomic mass is 79.9. The highest BCUT2D eigenvalue weighted by Crippen LogP contribution is 2.24. The van der Waals surface area contributed by atoms with Crippen LogP contribution in [0, 0.1) is 0 Å². The predicted molar refractivity (Wildman–Crippen MR) is 85.6 cm³/mol. The fourth-order valence-electron chi connectivity index (χ4n) is 2.53. The molecule has 1 aliphatic rings. The molecule has 0 spiro atoms. The standard InChI is InChI=1S/C15H14BrClN2O2/c16-11-2-1-10(13(17)5-11)7-18-3-4-19-9-15(21)14(20)6-12(19)8-18/h1-2,5-6,9,21H,3-4,7-8H2. The van der Waals surface area contributed by atoms with Crippen molar-refractivity contribution in [2.75, 3.05) is 6.54 Å². The molecule has 0 aliphatic carbocycles. The zero-order valence-electron chi connectivity index (χ0n) is 11.2. The Morgan fingerprint density at radius 1 is 1.29 bits per heavy atom. The first-order valence-corrected chi connectivity index (χ1v) is 7.78. The summed E-state index contributed by atoms with van der Waals surface area (Å²) >= 11 is 9.65. The molecular formula is C15H14BrClN2O2. The summed E-state index contributed by atoms with van der Waals surface area (Å²) in [5, 5.41) is 10.2. The first kappa shape index (κ1) is 14.6. The Morgan fingerprint density at radius 2 is 2.10 bits per heavy atom. The van der Waals surface area contributed by atoms with Gasteiger partial charge in [-0.05, 0) is 17.7 Å². The van der Waals surface area contributed by atoms with E-state index in [1.165, 1.54) is 12.3 Å². The summed E-state index contributed by atoms with van der Waals surface area (Å²) in [4.78, 5) is 13.8. The van der Waals surface area contributed by atoms with Crippen LogP contribution < -0.4 is 5.43 Å². The minimum Gasteiger partial charge on any atom is -0.503 e. The zero-order valence-corrected chi connectivity index (χ0v) is 13.6. The fraction of sp³-hybridized carbons (Fsp3) is 0.267. The van der Waals surface area contributed by atoms with Crippen LogP contribution >= 0.6 is 27.5 Å². The van der Waals surface area contributed by atoms with E-state index in [2.05, 4.69) is 20.8 Å². The van der Waals surface area contributed by atoms with Crippen molar-refractivity contribution in [2.24, 2.45) is 0 Å². The van der Waals surface area contributed by atoms with Crippen LogP contribution in [0.1, 0.15) is 11.3 Å². The summed E-state index contributed by atoms with van der Waals surface area (Å²) in [6.07, 6.45) is 1.52. The fourth-order valence-corrected chi connectivity index (χ4v) is 3.26. The lowest BCUT2D eigenvalue weighted by atomic mass is 10.1. The molecule has 3 rings (SSSR count). The molecule has 1 aliphatic heterocycles. The lowest BCUT2D eigenvalue weighted by molar-refractivity contribution is 0.210. The van der Waals surface area contributed by atoms with E-state index >= 15 is 0 Å². The van der Waals surface area contributed by atoms with Gasteiger partial charge in [-0.2, -0.15) is 0 Å². The SMILES string of the molecule is O=c1cc2n(cc1O)CCN(Cc1ccc(Br)cc1Cl)C2. The number of hydrogen-bond acceptors (Lipinski definition) is 3. The van der Waals surface area contributed by atoms with E-state index in [0.717, 1.165) is 40.4 Å². The van der Waals surface area contributed by atoms with Crippen molar-refractivity contribution in [2.45, 2.75) is 19.6 Å². The van der Waals surface area contributed by atoms with Gasteiger partial charge in [0.05, 0.1) is 6.20 Å². The number of aromatic nitrogens is 1. The number of hydrogen-bond donors (Lipinski definition) is 1. The molecule has 6 heteroatoms. The van der Waals surface area contributed by atoms with Crippen molar-refractivity contribution < 1.29 is 5.11 Å². The zero-order chi connectivity index (χ0) is 15.0. The van der Waals surface area contributed by atoms with E-state index in [1.54, 1.807) is 0 Å². The summed E-state index contributed by atoms with van der Waals surface area (Å²) in [5.74, 6) is -0.192. The number of aromatic hydroxyl groups is 1. The van der Waals surface area contributed by atoms with Gasteiger partial charge in [-0.25, -0.2) is 0 Å². The Hall–Kier alpha value is -1.30. The minimum absolute atomic E-state index is 0.192. The van der Waals surface area contributed by atoms with Crippen molar-refractivity contribution >= 4 is 27.5 Å². The molecule has 0 unspecified atom stereocenters. The summed E-state index contributed by atoms with van der Waals surface area (Å²) in [6.45, 7) is 3.00. The second-order valence-corrected chi connectivity index (χ2v) is 6.48. The van der Waals surface area contributed by atoms with Crippen molar-refractivity contribution in [3.05, 3.63) is 61.4 Å². The molecule has 1 aromatic heterocycles. The number of rotatable bonds is 2. The van der Waals surface area contributed by atoms with Crippen molar-refractivity contribution in [1.82, 2.24) is 9.47 Å². The van der Waals surface area contributed by atoms with Crippen LogP contribution in [-0.2, 0) is 19.6 Å². The van der Waals surface area contributed by atoms with Gasteiger partial charge in [-0.1, -0.05) is 33.6 Å². The normalized spacial score (nSPS) is 15.0. The minimum atomic E-state index is -0.329. The number of benzene rings is 1. The van der Waals surface area contributed by atoms with E-state index in [9.17, 15) is 9.90 Å². The van der Waals surface area contributed by atoms with Crippen molar-refractivity contribution in [3.63, 3.8) is 0 Å². The van der Waals surface area contributed by atoms with Gasteiger partial charge in [0, 0.05) is 47.4 Å². The molecule has 1 aromatic carbocycles. The molecule has 110 valence electrons. The van der Waals surface area contributed by atoms with E-state index in [0.29, 0.717) is 6.54 Å². The molecular weight excluding hydrogens is 356 g/mol. The molecule has 21 heavy (non-hydrogen) atoms. The Labute approximate surface area is 135 Å². The van der Waals surface area contributed by atoms with Crippen LogP contribution in [0.25, 0.3) is 0 Å². The lowest BCUT2D eigenvalue weighted by Gasteiger charge is -2.30. The quantitative estimate of drug-likeness (QED) is 0.885. The highest BCUT2D eigenvalue weighted by Gasteiger charge is 2.17. The Bertz CT molecular complexity index is 745. The maximum absolute atomic E-state index is 11.5. The van der Waals surface area contributed by atoms with Gasteiger partial charge in [-0.15, -0.1) is 0 Å². The van der Waals surface area contributed by atoms with Crippen LogP contribution in [0.3, 0.4) is 0 Å². The predicted octanol–water partition coefficient (Wildman–Crippen LogP) is 2.99. The van der Waals surface area contributed by atoms with Crippen LogP contribution in [0.15, 0.2) is 39.7 Å². The summed E-state index contributed by atoms with van der Waals surface area (Å²) in [7, 11) is 0. The van der Waals surface area contributed by atoms with E-state index in [1.807, 2.05) is 22.8 Å². The van der Waals surface area contributed by atoms with Crippen molar-refractivity contribution in [3.8, 4) is 5.75 Å². The van der Waals surface area contributed by atoms with Gasteiger partial charge >= 0.3 is 0 Å². The topological polar surface area (TPSA) is 45.5 Å². The molecule has 0 fully saturated rings. The third kappa shape index (κ3) is 3.15. The first-order valence-electron chi connectivity index (χ1n) is 6.61. The Kier molecular flexibility index (Phi) is 4.06. The molecule has 0 radical (unpaired) electrons. The Morgan fingerprint density at radius 3 is 2.86 bits per heavy atom. The third-order valence-electron chi connectivity index (χ3n) is 3.65. The smallest absolute Gasteiger partial charge is 0.223 e. The van der Waals surface area contributed by atoms with Crippen LogP contribution in [0.2, 0.25) is 5.02 Å². The van der Waals surface area contributed by atoms with Crippen molar-refractivity contribution in [1.29, 1.82) is 0 Å². The van der Waals surface area contributed by atoms with Gasteiger partial charge < -0.3 is 9.67 Å². The monoisotopic (exact) mass is 368 g/mol. The van der Waals surface area contributed by atoms with E-state index < -0.39 is 0 Å². The second-order valence-electron chi connectivity index (χ2n) is 5.15. The molecule has 4 nitrogen and oxygen atoms in total. The van der Waals surface area contributed by atoms with Gasteiger partial charge in [0.1, 0.15) is 0 Å². The number of nitrogens with zero attached hydrogens (tertiary/aromatic N) is 2. The molecule has 2 heterocycles. The summed E-state index contributed by atoms with van der Waals surface area (Å²) in [6, 6.07) is 7.37. The van der Waals surface area contributed by atoms with Crippen LogP contribution in [-0.4, -0.2) is 21.1 Å². The second kappa shape index (κ2) is 5.83. The molecule has 1 N–H and O–H groups in total. The van der Waals surface area contributed by atoms with E-state index in [4.69, 9.17) is 11.6 Å². The molecule has 0 saturated heterocycles. The first-order chi connectivity index (χ1) is 10.0. The third-order valence-corrected chi connectivity index (χ3v) is 4.49. The van der Waals surface area contributed by atoms with Gasteiger partial charge in [-0.3, -0.25) is 9.69 Å². The molecule has 2 aromatic rings. The average molecular weight is 370 g/mol. The lowest BCUT2D eigenvalue weighted by Crippen LogP contribution is -2.34. The van der Waals surface area contributed by atoms with E-state index in [-0.39, 0.29) is 11.2 Å². The molecule has 0 atom stereocenters. The van der Waals surface area contributed by atoms with Crippen LogP contribution in [0.5, 0.6) is 5.75 Å². The van der Waals surface area contributed by atoms with Gasteiger partial charge in [0.15, 0.2) is 5.75 Å². The highest BCUT2D eigenvalue weighted by molar-refractivity contribution is 9.10. The van der Waals surface area contributed by atoms with Gasteiger partial charge in [0.2, 0.25) is 5.43 Å². The molecule has 0 amide bonds. The molecule has 0 bridgehead atoms. The number of fused-ring (bicyclic) bond motifs is 1. The number of pyridine rings is 1. The Balaban J connectivity index is 1.80. The van der Waals surface area contributed by atoms with Gasteiger partial charge in [0.25, 0.3) is 0 Å². The molecule has 0 saturated carbocycles. The maximum Gasteiger partial charge on any atom is 0.223 e. The largest absolute Gasteiger partial charge is 0.503 e. The summed E-state index contributed by atoms with van der Waals surface area (Å²) in [5.41, 5.74) is 1.65. The maximum atomic E-state index is 11.5.